The Hall–Kier alpha value is -1.43. The van der Waals surface area contributed by atoms with Crippen LogP contribution in [0.2, 0.25) is 0 Å². The van der Waals surface area contributed by atoms with Gasteiger partial charge in [-0.15, -0.1) is 0 Å². The predicted octanol–water partition coefficient (Wildman–Crippen LogP) is 0.523. The number of amides is 1. The summed E-state index contributed by atoms with van der Waals surface area (Å²) >= 11 is 4.98. The Kier molecular flexibility index (Phi) is 3.15. The van der Waals surface area contributed by atoms with E-state index in [1.54, 1.807) is 17.8 Å². The predicted molar refractivity (Wildman–Crippen MR) is 68.7 cm³/mol. The molecule has 0 saturated heterocycles. The van der Waals surface area contributed by atoms with Crippen molar-refractivity contribution in [3.05, 3.63) is 17.5 Å². The molecule has 0 bridgehead atoms. The molecule has 3 N–H and O–H groups in total. The average molecular weight is 252 g/mol. The molecule has 0 aliphatic heterocycles. The third-order valence-electron chi connectivity index (χ3n) is 2.92. The highest BCUT2D eigenvalue weighted by atomic mass is 32.1. The molecule has 6 heteroatoms. The SMILES string of the molecule is Cc1cc(C(=O)NC(C(N)=S)C2CC2)n(C)n1. The molecule has 1 aliphatic carbocycles. The van der Waals surface area contributed by atoms with Crippen LogP contribution in [0, 0.1) is 12.8 Å². The van der Waals surface area contributed by atoms with E-state index in [0.29, 0.717) is 16.6 Å². The number of rotatable bonds is 4. The molecule has 2 rings (SSSR count). The standard InChI is InChI=1S/C11H16N4OS/c1-6-5-8(15(2)14-6)11(16)13-9(10(12)17)7-3-4-7/h5,7,9H,3-4H2,1-2H3,(H2,12,17)(H,13,16). The fraction of sp³-hybridized carbons (Fsp3) is 0.545. The van der Waals surface area contributed by atoms with Crippen molar-refractivity contribution in [2.24, 2.45) is 18.7 Å². The van der Waals surface area contributed by atoms with E-state index >= 15 is 0 Å². The Morgan fingerprint density at radius 3 is 2.76 bits per heavy atom. The molecular formula is C11H16N4OS. The fourth-order valence-corrected chi connectivity index (χ4v) is 2.14. The summed E-state index contributed by atoms with van der Waals surface area (Å²) in [4.78, 5) is 12.4. The van der Waals surface area contributed by atoms with Crippen molar-refractivity contribution in [3.8, 4) is 0 Å². The van der Waals surface area contributed by atoms with Gasteiger partial charge in [-0.05, 0) is 31.7 Å². The van der Waals surface area contributed by atoms with Gasteiger partial charge in [-0.1, -0.05) is 12.2 Å². The molecule has 1 aromatic heterocycles. The summed E-state index contributed by atoms with van der Waals surface area (Å²) in [5.74, 6) is 0.239. The number of nitrogens with two attached hydrogens (primary N) is 1. The molecule has 0 radical (unpaired) electrons. The van der Waals surface area contributed by atoms with Crippen LogP contribution >= 0.6 is 12.2 Å². The van der Waals surface area contributed by atoms with Crippen LogP contribution in [0.15, 0.2) is 6.07 Å². The number of hydrogen-bond acceptors (Lipinski definition) is 3. The van der Waals surface area contributed by atoms with Crippen LogP contribution in [0.25, 0.3) is 0 Å². The Balaban J connectivity index is 2.10. The highest BCUT2D eigenvalue weighted by Crippen LogP contribution is 2.32. The van der Waals surface area contributed by atoms with Crippen LogP contribution in [0.3, 0.4) is 0 Å². The molecule has 1 amide bonds. The van der Waals surface area contributed by atoms with E-state index in [1.807, 2.05) is 6.92 Å². The Labute approximate surface area is 105 Å². The van der Waals surface area contributed by atoms with E-state index in [4.69, 9.17) is 18.0 Å². The maximum atomic E-state index is 12.0. The minimum absolute atomic E-state index is 0.169. The lowest BCUT2D eigenvalue weighted by atomic mass is 10.2. The number of aromatic nitrogens is 2. The Morgan fingerprint density at radius 2 is 2.35 bits per heavy atom. The van der Waals surface area contributed by atoms with Crippen molar-refractivity contribution in [2.75, 3.05) is 0 Å². The van der Waals surface area contributed by atoms with Crippen LogP contribution in [-0.2, 0) is 7.05 Å². The lowest BCUT2D eigenvalue weighted by molar-refractivity contribution is 0.0934. The van der Waals surface area contributed by atoms with Gasteiger partial charge in [-0.3, -0.25) is 9.48 Å². The van der Waals surface area contributed by atoms with Gasteiger partial charge in [0.15, 0.2) is 0 Å². The number of nitrogens with zero attached hydrogens (tertiary/aromatic N) is 2. The number of nitrogens with one attached hydrogen (secondary N) is 1. The molecule has 0 aromatic carbocycles. The van der Waals surface area contributed by atoms with Gasteiger partial charge < -0.3 is 11.1 Å². The number of aryl methyl sites for hydroxylation is 2. The molecule has 1 heterocycles. The Morgan fingerprint density at radius 1 is 1.71 bits per heavy atom. The van der Waals surface area contributed by atoms with Gasteiger partial charge in [0.1, 0.15) is 5.69 Å². The summed E-state index contributed by atoms with van der Waals surface area (Å²) in [5, 5.41) is 7.02. The lowest BCUT2D eigenvalue weighted by Crippen LogP contribution is -2.45. The largest absolute Gasteiger partial charge is 0.392 e. The van der Waals surface area contributed by atoms with Crippen molar-refractivity contribution >= 4 is 23.1 Å². The summed E-state index contributed by atoms with van der Waals surface area (Å²) in [5.41, 5.74) is 6.99. The first-order chi connectivity index (χ1) is 7.99. The fourth-order valence-electron chi connectivity index (χ4n) is 1.89. The van der Waals surface area contributed by atoms with Crippen LogP contribution in [0.4, 0.5) is 0 Å². The van der Waals surface area contributed by atoms with Crippen molar-refractivity contribution < 1.29 is 4.79 Å². The van der Waals surface area contributed by atoms with Crippen molar-refractivity contribution in [2.45, 2.75) is 25.8 Å². The van der Waals surface area contributed by atoms with Crippen molar-refractivity contribution in [1.82, 2.24) is 15.1 Å². The van der Waals surface area contributed by atoms with E-state index in [1.165, 1.54) is 0 Å². The molecule has 17 heavy (non-hydrogen) atoms. The monoisotopic (exact) mass is 252 g/mol. The zero-order valence-electron chi connectivity index (χ0n) is 9.93. The summed E-state index contributed by atoms with van der Waals surface area (Å²) in [7, 11) is 1.74. The highest BCUT2D eigenvalue weighted by molar-refractivity contribution is 7.80. The topological polar surface area (TPSA) is 72.9 Å². The second-order valence-electron chi connectivity index (χ2n) is 4.49. The van der Waals surface area contributed by atoms with Gasteiger partial charge in [-0.25, -0.2) is 0 Å². The smallest absolute Gasteiger partial charge is 0.270 e. The van der Waals surface area contributed by atoms with Crippen molar-refractivity contribution in [3.63, 3.8) is 0 Å². The zero-order valence-corrected chi connectivity index (χ0v) is 10.8. The lowest BCUT2D eigenvalue weighted by Gasteiger charge is -2.16. The normalized spacial score (nSPS) is 16.6. The van der Waals surface area contributed by atoms with E-state index in [9.17, 15) is 4.79 Å². The summed E-state index contributed by atoms with van der Waals surface area (Å²) in [6, 6.07) is 1.56. The number of hydrogen-bond donors (Lipinski definition) is 2. The molecule has 1 fully saturated rings. The molecule has 1 aromatic rings. The van der Waals surface area contributed by atoms with E-state index in [2.05, 4.69) is 10.4 Å². The molecule has 0 spiro atoms. The first kappa shape index (κ1) is 12.0. The summed E-state index contributed by atoms with van der Waals surface area (Å²) in [6.45, 7) is 1.85. The molecule has 1 aliphatic rings. The van der Waals surface area contributed by atoms with E-state index in [0.717, 1.165) is 18.5 Å². The number of carbonyl (C=O) groups excluding carboxylic acids is 1. The third kappa shape index (κ3) is 2.63. The van der Waals surface area contributed by atoms with Crippen LogP contribution in [0.5, 0.6) is 0 Å². The first-order valence-electron chi connectivity index (χ1n) is 5.60. The third-order valence-corrected chi connectivity index (χ3v) is 3.18. The van der Waals surface area contributed by atoms with Gasteiger partial charge in [0, 0.05) is 7.05 Å². The number of thiocarbonyl (C=S) groups is 1. The molecule has 5 nitrogen and oxygen atoms in total. The summed E-state index contributed by atoms with van der Waals surface area (Å²) in [6.07, 6.45) is 2.15. The quantitative estimate of drug-likeness (QED) is 0.766. The van der Waals surface area contributed by atoms with Crippen LogP contribution in [0.1, 0.15) is 29.0 Å². The minimum atomic E-state index is -0.187. The van der Waals surface area contributed by atoms with Gasteiger partial charge in [0.2, 0.25) is 0 Å². The maximum Gasteiger partial charge on any atom is 0.270 e. The summed E-state index contributed by atoms with van der Waals surface area (Å²) < 4.78 is 1.56. The first-order valence-corrected chi connectivity index (χ1v) is 6.00. The molecule has 1 unspecified atom stereocenters. The Bertz CT molecular complexity index is 464. The van der Waals surface area contributed by atoms with Gasteiger partial charge in [0.25, 0.3) is 5.91 Å². The maximum absolute atomic E-state index is 12.0. The number of carbonyl (C=O) groups is 1. The minimum Gasteiger partial charge on any atom is -0.392 e. The van der Waals surface area contributed by atoms with Gasteiger partial charge in [-0.2, -0.15) is 5.10 Å². The highest BCUT2D eigenvalue weighted by Gasteiger charge is 2.34. The average Bonchev–Trinajstić information content (AvgIpc) is 3.00. The second-order valence-corrected chi connectivity index (χ2v) is 4.96. The second kappa shape index (κ2) is 4.44. The van der Waals surface area contributed by atoms with Gasteiger partial charge in [0.05, 0.1) is 16.7 Å². The zero-order chi connectivity index (χ0) is 12.6. The molecule has 92 valence electrons. The van der Waals surface area contributed by atoms with Crippen molar-refractivity contribution in [1.29, 1.82) is 0 Å². The molecule has 1 atom stereocenters. The molecule has 1 saturated carbocycles. The van der Waals surface area contributed by atoms with E-state index in [-0.39, 0.29) is 11.9 Å². The molecular weight excluding hydrogens is 236 g/mol. The van der Waals surface area contributed by atoms with Gasteiger partial charge >= 0.3 is 0 Å². The van der Waals surface area contributed by atoms with Crippen LogP contribution < -0.4 is 11.1 Å². The van der Waals surface area contributed by atoms with E-state index < -0.39 is 0 Å². The van der Waals surface area contributed by atoms with Crippen LogP contribution in [-0.4, -0.2) is 26.7 Å².